The van der Waals surface area contributed by atoms with Crippen LogP contribution in [0.2, 0.25) is 5.02 Å². The van der Waals surface area contributed by atoms with Crippen molar-refractivity contribution in [1.82, 2.24) is 5.32 Å². The van der Waals surface area contributed by atoms with E-state index in [1.54, 1.807) is 24.3 Å². The summed E-state index contributed by atoms with van der Waals surface area (Å²) in [7, 11) is 0. The Bertz CT molecular complexity index is 538. The van der Waals surface area contributed by atoms with Crippen LogP contribution in [0.15, 0.2) is 24.3 Å². The van der Waals surface area contributed by atoms with Crippen molar-refractivity contribution in [2.75, 3.05) is 24.7 Å². The molecule has 2 aliphatic heterocycles. The van der Waals surface area contributed by atoms with Crippen LogP contribution in [0.5, 0.6) is 0 Å². The lowest BCUT2D eigenvalue weighted by molar-refractivity contribution is -0.133. The van der Waals surface area contributed by atoms with E-state index in [4.69, 9.17) is 16.3 Å². The first-order valence-corrected chi connectivity index (χ1v) is 6.96. The number of carbonyl (C=O) groups excluding carboxylic acids is 2. The number of imide groups is 1. The van der Waals surface area contributed by atoms with Gasteiger partial charge < -0.3 is 10.1 Å². The Morgan fingerprint density at radius 1 is 1.15 bits per heavy atom. The van der Waals surface area contributed by atoms with Gasteiger partial charge in [0, 0.05) is 24.8 Å². The van der Waals surface area contributed by atoms with E-state index < -0.39 is 5.41 Å². The minimum atomic E-state index is -0.536. The number of nitrogens with one attached hydrogen (secondary N) is 1. The van der Waals surface area contributed by atoms with Crippen molar-refractivity contribution in [3.05, 3.63) is 29.3 Å². The van der Waals surface area contributed by atoms with Crippen LogP contribution in [0.1, 0.15) is 12.8 Å². The highest BCUT2D eigenvalue weighted by Gasteiger charge is 2.48. The Labute approximate surface area is 121 Å². The summed E-state index contributed by atoms with van der Waals surface area (Å²) in [5, 5.41) is 3.38. The molecular formula is C14H15ClN2O3. The molecule has 0 bridgehead atoms. The average Bonchev–Trinajstić information content (AvgIpc) is 2.47. The van der Waals surface area contributed by atoms with Crippen LogP contribution in [0.3, 0.4) is 0 Å². The van der Waals surface area contributed by atoms with Gasteiger partial charge in [-0.3, -0.25) is 4.79 Å². The van der Waals surface area contributed by atoms with Gasteiger partial charge in [-0.05, 0) is 37.1 Å². The van der Waals surface area contributed by atoms with Crippen molar-refractivity contribution in [3.63, 3.8) is 0 Å². The first-order valence-electron chi connectivity index (χ1n) is 6.58. The van der Waals surface area contributed by atoms with Gasteiger partial charge in [-0.2, -0.15) is 0 Å². The molecule has 1 spiro atoms. The molecule has 2 heterocycles. The number of amides is 3. The lowest BCUT2D eigenvalue weighted by atomic mass is 9.77. The molecule has 0 aliphatic carbocycles. The van der Waals surface area contributed by atoms with Crippen LogP contribution in [0.4, 0.5) is 10.5 Å². The van der Waals surface area contributed by atoms with Crippen LogP contribution >= 0.6 is 11.6 Å². The van der Waals surface area contributed by atoms with E-state index in [2.05, 4.69) is 5.32 Å². The quantitative estimate of drug-likeness (QED) is 0.864. The predicted octanol–water partition coefficient (Wildman–Crippen LogP) is 2.19. The molecule has 0 atom stereocenters. The van der Waals surface area contributed by atoms with E-state index in [9.17, 15) is 9.59 Å². The Hall–Kier alpha value is -1.59. The third-order valence-electron chi connectivity index (χ3n) is 3.97. The molecule has 2 fully saturated rings. The van der Waals surface area contributed by atoms with Crippen LogP contribution in [-0.4, -0.2) is 31.7 Å². The van der Waals surface area contributed by atoms with E-state index >= 15 is 0 Å². The van der Waals surface area contributed by atoms with Crippen LogP contribution in [0.25, 0.3) is 0 Å². The molecule has 3 amide bonds. The molecular weight excluding hydrogens is 280 g/mol. The highest BCUT2D eigenvalue weighted by molar-refractivity contribution is 6.30. The molecule has 0 aromatic heterocycles. The van der Waals surface area contributed by atoms with E-state index in [1.807, 2.05) is 0 Å². The zero-order chi connectivity index (χ0) is 14.2. The standard InChI is InChI=1S/C14H15ClN2O3/c15-10-1-3-11(4-2-10)17-12(18)14(9-16-13(17)19)5-7-20-8-6-14/h1-4H,5-9H2,(H,16,19). The summed E-state index contributed by atoms with van der Waals surface area (Å²) in [6, 6.07) is 6.32. The molecule has 0 unspecified atom stereocenters. The highest BCUT2D eigenvalue weighted by Crippen LogP contribution is 2.36. The van der Waals surface area contributed by atoms with Gasteiger partial charge in [0.25, 0.3) is 0 Å². The van der Waals surface area contributed by atoms with Gasteiger partial charge >= 0.3 is 6.03 Å². The molecule has 20 heavy (non-hydrogen) atoms. The number of hydrogen-bond donors (Lipinski definition) is 1. The summed E-state index contributed by atoms with van der Waals surface area (Å²) >= 11 is 5.85. The maximum atomic E-state index is 12.8. The summed E-state index contributed by atoms with van der Waals surface area (Å²) in [5.74, 6) is -0.146. The molecule has 3 rings (SSSR count). The van der Waals surface area contributed by atoms with Crippen molar-refractivity contribution < 1.29 is 14.3 Å². The predicted molar refractivity (Wildman–Crippen MR) is 74.8 cm³/mol. The topological polar surface area (TPSA) is 58.6 Å². The molecule has 2 saturated heterocycles. The first-order chi connectivity index (χ1) is 9.62. The average molecular weight is 295 g/mol. The van der Waals surface area contributed by atoms with Crippen molar-refractivity contribution in [1.29, 1.82) is 0 Å². The largest absolute Gasteiger partial charge is 0.381 e. The molecule has 0 saturated carbocycles. The van der Waals surface area contributed by atoms with E-state index in [0.717, 1.165) is 0 Å². The first kappa shape index (κ1) is 13.4. The fraction of sp³-hybridized carbons (Fsp3) is 0.429. The van der Waals surface area contributed by atoms with Crippen molar-refractivity contribution in [3.8, 4) is 0 Å². The zero-order valence-corrected chi connectivity index (χ0v) is 11.7. The van der Waals surface area contributed by atoms with Gasteiger partial charge in [-0.25, -0.2) is 9.69 Å². The monoisotopic (exact) mass is 294 g/mol. The third kappa shape index (κ3) is 2.17. The fourth-order valence-electron chi connectivity index (χ4n) is 2.71. The Morgan fingerprint density at radius 2 is 1.80 bits per heavy atom. The number of benzene rings is 1. The minimum Gasteiger partial charge on any atom is -0.381 e. The normalized spacial score (nSPS) is 21.9. The molecule has 1 N–H and O–H groups in total. The number of carbonyl (C=O) groups is 2. The number of ether oxygens (including phenoxy) is 1. The third-order valence-corrected chi connectivity index (χ3v) is 4.22. The number of nitrogens with zero attached hydrogens (tertiary/aromatic N) is 1. The van der Waals surface area contributed by atoms with Crippen LogP contribution in [-0.2, 0) is 9.53 Å². The summed E-state index contributed by atoms with van der Waals surface area (Å²) in [6.45, 7) is 1.49. The molecule has 106 valence electrons. The second-order valence-electron chi connectivity index (χ2n) is 5.17. The van der Waals surface area contributed by atoms with Crippen molar-refractivity contribution >= 4 is 29.2 Å². The number of halogens is 1. The van der Waals surface area contributed by atoms with Crippen LogP contribution in [0, 0.1) is 5.41 Å². The van der Waals surface area contributed by atoms with E-state index in [0.29, 0.717) is 43.3 Å². The van der Waals surface area contributed by atoms with Gasteiger partial charge in [0.15, 0.2) is 0 Å². The van der Waals surface area contributed by atoms with Crippen molar-refractivity contribution in [2.24, 2.45) is 5.41 Å². The van der Waals surface area contributed by atoms with Gasteiger partial charge in [-0.15, -0.1) is 0 Å². The fourth-order valence-corrected chi connectivity index (χ4v) is 2.83. The summed E-state index contributed by atoms with van der Waals surface area (Å²) in [4.78, 5) is 26.0. The maximum absolute atomic E-state index is 12.8. The van der Waals surface area contributed by atoms with Crippen LogP contribution < -0.4 is 10.2 Å². The molecule has 0 radical (unpaired) electrons. The Morgan fingerprint density at radius 3 is 2.45 bits per heavy atom. The molecule has 5 nitrogen and oxygen atoms in total. The smallest absolute Gasteiger partial charge is 0.328 e. The lowest BCUT2D eigenvalue weighted by Crippen LogP contribution is -2.62. The number of hydrogen-bond acceptors (Lipinski definition) is 3. The molecule has 2 aliphatic rings. The molecule has 1 aromatic carbocycles. The van der Waals surface area contributed by atoms with E-state index in [1.165, 1.54) is 4.90 Å². The highest BCUT2D eigenvalue weighted by atomic mass is 35.5. The summed E-state index contributed by atoms with van der Waals surface area (Å²) in [6.07, 6.45) is 1.27. The minimum absolute atomic E-state index is 0.146. The van der Waals surface area contributed by atoms with Crippen molar-refractivity contribution in [2.45, 2.75) is 12.8 Å². The summed E-state index contributed by atoms with van der Waals surface area (Å²) < 4.78 is 5.33. The van der Waals surface area contributed by atoms with Gasteiger partial charge in [-0.1, -0.05) is 11.6 Å². The molecule has 1 aromatic rings. The number of urea groups is 1. The lowest BCUT2D eigenvalue weighted by Gasteiger charge is -2.42. The van der Waals surface area contributed by atoms with Gasteiger partial charge in [0.1, 0.15) is 0 Å². The second kappa shape index (κ2) is 5.07. The summed E-state index contributed by atoms with van der Waals surface area (Å²) in [5.41, 5.74) is 0.00803. The van der Waals surface area contributed by atoms with E-state index in [-0.39, 0.29) is 11.9 Å². The second-order valence-corrected chi connectivity index (χ2v) is 5.60. The maximum Gasteiger partial charge on any atom is 0.328 e. The van der Waals surface area contributed by atoms with Gasteiger partial charge in [0.05, 0.1) is 11.1 Å². The number of anilines is 1. The molecule has 6 heteroatoms. The van der Waals surface area contributed by atoms with Gasteiger partial charge in [0.2, 0.25) is 5.91 Å². The zero-order valence-electron chi connectivity index (χ0n) is 10.9. The Balaban J connectivity index is 1.93. The SMILES string of the molecule is O=C1NCC2(CCOCC2)C(=O)N1c1ccc(Cl)cc1. The Kier molecular flexibility index (Phi) is 3.40. The number of rotatable bonds is 1.